The first kappa shape index (κ1) is 22.5. The van der Waals surface area contributed by atoms with Crippen molar-refractivity contribution in [2.45, 2.75) is 45.9 Å². The van der Waals surface area contributed by atoms with Gasteiger partial charge in [0.05, 0.1) is 18.4 Å². The van der Waals surface area contributed by atoms with Gasteiger partial charge in [0.15, 0.2) is 0 Å². The SMILES string of the molecule is Cc1ccccc1C1=NO[C@H](CN(Cc2ccccc2)C[C@H](O)COCC(C)C)C1. The Kier molecular flexibility index (Phi) is 8.43. The van der Waals surface area contributed by atoms with Gasteiger partial charge in [-0.25, -0.2) is 0 Å². The van der Waals surface area contributed by atoms with Crippen LogP contribution in [0.4, 0.5) is 0 Å². The maximum Gasteiger partial charge on any atom is 0.145 e. The molecule has 0 aromatic heterocycles. The van der Waals surface area contributed by atoms with E-state index in [0.29, 0.717) is 32.2 Å². The van der Waals surface area contributed by atoms with E-state index in [4.69, 9.17) is 9.57 Å². The van der Waals surface area contributed by atoms with Gasteiger partial charge in [-0.05, 0) is 24.0 Å². The first-order valence-electron chi connectivity index (χ1n) is 10.8. The molecule has 1 aliphatic heterocycles. The molecule has 0 unspecified atom stereocenters. The monoisotopic (exact) mass is 410 g/mol. The van der Waals surface area contributed by atoms with Gasteiger partial charge in [-0.2, -0.15) is 0 Å². The first-order chi connectivity index (χ1) is 14.5. The van der Waals surface area contributed by atoms with Crippen LogP contribution in [-0.4, -0.2) is 54.2 Å². The van der Waals surface area contributed by atoms with E-state index in [9.17, 15) is 5.11 Å². The van der Waals surface area contributed by atoms with Crippen LogP contribution in [0, 0.1) is 12.8 Å². The van der Waals surface area contributed by atoms with Crippen LogP contribution in [0.5, 0.6) is 0 Å². The number of rotatable bonds is 11. The number of aliphatic hydroxyl groups excluding tert-OH is 1. The number of aliphatic hydroxyl groups is 1. The molecule has 0 aliphatic carbocycles. The Morgan fingerprint density at radius 3 is 2.57 bits per heavy atom. The summed E-state index contributed by atoms with van der Waals surface area (Å²) >= 11 is 0. The lowest BCUT2D eigenvalue weighted by molar-refractivity contribution is -0.00734. The van der Waals surface area contributed by atoms with Crippen LogP contribution in [0.3, 0.4) is 0 Å². The van der Waals surface area contributed by atoms with Crippen molar-refractivity contribution < 1.29 is 14.7 Å². The molecule has 0 fully saturated rings. The fourth-order valence-electron chi connectivity index (χ4n) is 3.71. The molecule has 5 heteroatoms. The zero-order valence-corrected chi connectivity index (χ0v) is 18.3. The molecule has 162 valence electrons. The fraction of sp³-hybridized carbons (Fsp3) is 0.480. The summed E-state index contributed by atoms with van der Waals surface area (Å²) in [7, 11) is 0. The molecule has 0 amide bonds. The van der Waals surface area contributed by atoms with E-state index in [1.807, 2.05) is 30.3 Å². The number of aryl methyl sites for hydroxylation is 1. The number of hydrogen-bond donors (Lipinski definition) is 1. The van der Waals surface area contributed by atoms with Crippen molar-refractivity contribution in [1.82, 2.24) is 4.90 Å². The predicted octanol–water partition coefficient (Wildman–Crippen LogP) is 4.02. The molecular weight excluding hydrogens is 376 g/mol. The van der Waals surface area contributed by atoms with E-state index in [1.165, 1.54) is 11.1 Å². The molecule has 2 aromatic carbocycles. The number of benzene rings is 2. The molecular formula is C25H34N2O3. The number of ether oxygens (including phenoxy) is 1. The van der Waals surface area contributed by atoms with Crippen LogP contribution in [0.1, 0.15) is 37.0 Å². The zero-order valence-electron chi connectivity index (χ0n) is 18.3. The van der Waals surface area contributed by atoms with Gasteiger partial charge in [0.25, 0.3) is 0 Å². The van der Waals surface area contributed by atoms with Gasteiger partial charge in [-0.3, -0.25) is 4.90 Å². The van der Waals surface area contributed by atoms with Crippen molar-refractivity contribution in [3.05, 3.63) is 71.3 Å². The summed E-state index contributed by atoms with van der Waals surface area (Å²) in [6, 6.07) is 18.6. The van der Waals surface area contributed by atoms with Gasteiger partial charge in [0, 0.05) is 38.2 Å². The highest BCUT2D eigenvalue weighted by Gasteiger charge is 2.26. The topological polar surface area (TPSA) is 54.3 Å². The Bertz CT molecular complexity index is 807. The Labute approximate surface area is 180 Å². The molecule has 1 heterocycles. The Morgan fingerprint density at radius 2 is 1.83 bits per heavy atom. The van der Waals surface area contributed by atoms with E-state index < -0.39 is 6.10 Å². The highest BCUT2D eigenvalue weighted by molar-refractivity contribution is 6.02. The van der Waals surface area contributed by atoms with Crippen molar-refractivity contribution in [1.29, 1.82) is 0 Å². The molecule has 0 spiro atoms. The van der Waals surface area contributed by atoms with E-state index in [1.54, 1.807) is 0 Å². The van der Waals surface area contributed by atoms with Crippen LogP contribution < -0.4 is 0 Å². The minimum atomic E-state index is -0.536. The van der Waals surface area contributed by atoms with Crippen molar-refractivity contribution in [3.8, 4) is 0 Å². The lowest BCUT2D eigenvalue weighted by Crippen LogP contribution is -2.39. The van der Waals surface area contributed by atoms with Gasteiger partial charge in [-0.1, -0.05) is 73.6 Å². The van der Waals surface area contributed by atoms with E-state index in [-0.39, 0.29) is 6.10 Å². The average molecular weight is 411 g/mol. The van der Waals surface area contributed by atoms with Crippen molar-refractivity contribution in [3.63, 3.8) is 0 Å². The average Bonchev–Trinajstić information content (AvgIpc) is 3.17. The Hall–Kier alpha value is -2.21. The number of nitrogens with zero attached hydrogens (tertiary/aromatic N) is 2. The molecule has 30 heavy (non-hydrogen) atoms. The lowest BCUT2D eigenvalue weighted by Gasteiger charge is -2.27. The summed E-state index contributed by atoms with van der Waals surface area (Å²) in [6.07, 6.45) is 0.216. The molecule has 5 nitrogen and oxygen atoms in total. The van der Waals surface area contributed by atoms with Crippen LogP contribution >= 0.6 is 0 Å². The quantitative estimate of drug-likeness (QED) is 0.608. The Balaban J connectivity index is 1.59. The second-order valence-corrected chi connectivity index (χ2v) is 8.55. The minimum Gasteiger partial charge on any atom is -0.390 e. The molecule has 0 saturated carbocycles. The van der Waals surface area contributed by atoms with Gasteiger partial charge < -0.3 is 14.7 Å². The zero-order chi connectivity index (χ0) is 21.3. The summed E-state index contributed by atoms with van der Waals surface area (Å²) in [5.41, 5.74) is 4.57. The standard InChI is InChI=1S/C25H34N2O3/c1-19(2)17-29-18-22(28)15-27(14-21-10-5-4-6-11-21)16-23-13-25(26-30-23)24-12-8-7-9-20(24)3/h4-12,19,22-23,28H,13-18H2,1-3H3/t22-,23-/m0/s1. The summed E-state index contributed by atoms with van der Waals surface area (Å²) in [6.45, 7) is 9.31. The fourth-order valence-corrected chi connectivity index (χ4v) is 3.71. The predicted molar refractivity (Wildman–Crippen MR) is 121 cm³/mol. The second kappa shape index (κ2) is 11.3. The largest absolute Gasteiger partial charge is 0.390 e. The third-order valence-corrected chi connectivity index (χ3v) is 5.13. The third kappa shape index (κ3) is 6.94. The van der Waals surface area contributed by atoms with E-state index in [2.05, 4.69) is 55.1 Å². The van der Waals surface area contributed by atoms with Crippen molar-refractivity contribution >= 4 is 5.71 Å². The molecule has 0 saturated heterocycles. The number of oxime groups is 1. The third-order valence-electron chi connectivity index (χ3n) is 5.13. The van der Waals surface area contributed by atoms with Gasteiger partial charge >= 0.3 is 0 Å². The second-order valence-electron chi connectivity index (χ2n) is 8.55. The minimum absolute atomic E-state index is 0.0212. The smallest absolute Gasteiger partial charge is 0.145 e. The normalized spacial score (nSPS) is 17.3. The summed E-state index contributed by atoms with van der Waals surface area (Å²) in [5, 5.41) is 14.9. The maximum absolute atomic E-state index is 10.5. The van der Waals surface area contributed by atoms with Crippen LogP contribution in [0.25, 0.3) is 0 Å². The maximum atomic E-state index is 10.5. The molecule has 1 N–H and O–H groups in total. The van der Waals surface area contributed by atoms with E-state index in [0.717, 1.165) is 24.2 Å². The van der Waals surface area contributed by atoms with Gasteiger partial charge in [-0.15, -0.1) is 0 Å². The van der Waals surface area contributed by atoms with Crippen LogP contribution in [0.15, 0.2) is 59.8 Å². The van der Waals surface area contributed by atoms with Crippen LogP contribution in [-0.2, 0) is 16.1 Å². The summed E-state index contributed by atoms with van der Waals surface area (Å²) in [4.78, 5) is 8.01. The molecule has 0 bridgehead atoms. The van der Waals surface area contributed by atoms with E-state index >= 15 is 0 Å². The number of hydrogen-bond acceptors (Lipinski definition) is 5. The molecule has 2 aromatic rings. The molecule has 3 rings (SSSR count). The van der Waals surface area contributed by atoms with Gasteiger partial charge in [0.1, 0.15) is 6.10 Å². The van der Waals surface area contributed by atoms with Crippen molar-refractivity contribution in [2.75, 3.05) is 26.3 Å². The lowest BCUT2D eigenvalue weighted by atomic mass is 10.00. The summed E-state index contributed by atoms with van der Waals surface area (Å²) in [5.74, 6) is 0.460. The molecule has 1 aliphatic rings. The van der Waals surface area contributed by atoms with Crippen molar-refractivity contribution in [2.24, 2.45) is 11.1 Å². The highest BCUT2D eigenvalue weighted by atomic mass is 16.6. The van der Waals surface area contributed by atoms with Crippen LogP contribution in [0.2, 0.25) is 0 Å². The first-order valence-corrected chi connectivity index (χ1v) is 10.8. The highest BCUT2D eigenvalue weighted by Crippen LogP contribution is 2.21. The van der Waals surface area contributed by atoms with Gasteiger partial charge in [0.2, 0.25) is 0 Å². The summed E-state index contributed by atoms with van der Waals surface area (Å²) < 4.78 is 5.64. The Morgan fingerprint density at radius 1 is 1.10 bits per heavy atom. The molecule has 2 atom stereocenters. The molecule has 0 radical (unpaired) electrons.